The number of thiophene rings is 1. The molecule has 1 saturated heterocycles. The number of carbonyl (C=O) groups excluding carboxylic acids is 1. The Balaban J connectivity index is 1.70. The summed E-state index contributed by atoms with van der Waals surface area (Å²) in [4.78, 5) is 26.0. The Morgan fingerprint density at radius 1 is 1.30 bits per heavy atom. The van der Waals surface area contributed by atoms with Crippen molar-refractivity contribution < 1.29 is 4.79 Å². The molecule has 3 heterocycles. The minimum absolute atomic E-state index is 0.0971. The summed E-state index contributed by atoms with van der Waals surface area (Å²) in [5, 5.41) is 4.96. The van der Waals surface area contributed by atoms with Crippen LogP contribution in [0.4, 0.5) is 17.6 Å². The second kappa shape index (κ2) is 6.41. The van der Waals surface area contributed by atoms with E-state index in [1.165, 1.54) is 11.3 Å². The van der Waals surface area contributed by atoms with Gasteiger partial charge in [-0.25, -0.2) is 0 Å². The maximum absolute atomic E-state index is 12.4. The van der Waals surface area contributed by atoms with E-state index in [2.05, 4.69) is 20.2 Å². The molecule has 1 aliphatic rings. The average molecular weight is 332 g/mol. The van der Waals surface area contributed by atoms with Gasteiger partial charge in [-0.1, -0.05) is 6.07 Å². The zero-order valence-corrected chi connectivity index (χ0v) is 14.1. The third-order valence-electron chi connectivity index (χ3n) is 3.99. The van der Waals surface area contributed by atoms with Crippen molar-refractivity contribution in [3.63, 3.8) is 0 Å². The quantitative estimate of drug-likeness (QED) is 0.884. The van der Waals surface area contributed by atoms with Crippen LogP contribution >= 0.6 is 11.3 Å². The van der Waals surface area contributed by atoms with Crippen LogP contribution in [-0.4, -0.2) is 54.0 Å². The van der Waals surface area contributed by atoms with Crippen LogP contribution in [0.1, 0.15) is 15.2 Å². The van der Waals surface area contributed by atoms with Crippen LogP contribution in [0.15, 0.2) is 17.5 Å². The van der Waals surface area contributed by atoms with E-state index in [9.17, 15) is 4.79 Å². The van der Waals surface area contributed by atoms with Gasteiger partial charge in [0, 0.05) is 38.8 Å². The summed E-state index contributed by atoms with van der Waals surface area (Å²) in [5.74, 6) is 1.93. The molecule has 2 aromatic heterocycles. The Hall–Kier alpha value is -2.35. The van der Waals surface area contributed by atoms with Crippen molar-refractivity contribution in [3.8, 4) is 0 Å². The summed E-state index contributed by atoms with van der Waals surface area (Å²) < 4.78 is 0. The van der Waals surface area contributed by atoms with Crippen molar-refractivity contribution in [2.45, 2.75) is 6.92 Å². The van der Waals surface area contributed by atoms with Gasteiger partial charge in [-0.2, -0.15) is 9.97 Å². The Morgan fingerprint density at radius 3 is 2.65 bits per heavy atom. The minimum atomic E-state index is 0.0971. The molecule has 3 N–H and O–H groups in total. The first kappa shape index (κ1) is 15.5. The number of piperazine rings is 1. The molecule has 23 heavy (non-hydrogen) atoms. The highest BCUT2D eigenvalue weighted by Gasteiger charge is 2.24. The largest absolute Gasteiger partial charge is 0.383 e. The molecule has 0 aliphatic carbocycles. The van der Waals surface area contributed by atoms with Gasteiger partial charge in [0.15, 0.2) is 0 Å². The van der Waals surface area contributed by atoms with E-state index in [1.54, 1.807) is 0 Å². The van der Waals surface area contributed by atoms with Gasteiger partial charge in [0.2, 0.25) is 5.95 Å². The molecule has 1 amide bonds. The lowest BCUT2D eigenvalue weighted by atomic mass is 10.3. The zero-order valence-electron chi connectivity index (χ0n) is 13.2. The second-order valence-electron chi connectivity index (χ2n) is 5.39. The zero-order chi connectivity index (χ0) is 16.4. The highest BCUT2D eigenvalue weighted by Crippen LogP contribution is 2.22. The van der Waals surface area contributed by atoms with Crippen LogP contribution in [0.5, 0.6) is 0 Å². The van der Waals surface area contributed by atoms with Crippen molar-refractivity contribution in [2.75, 3.05) is 49.2 Å². The van der Waals surface area contributed by atoms with Crippen molar-refractivity contribution in [1.29, 1.82) is 0 Å². The van der Waals surface area contributed by atoms with Gasteiger partial charge in [0.25, 0.3) is 5.91 Å². The molecule has 3 rings (SSSR count). The topological polar surface area (TPSA) is 87.4 Å². The van der Waals surface area contributed by atoms with Crippen LogP contribution in [0, 0.1) is 6.92 Å². The molecular formula is C15H20N6OS. The van der Waals surface area contributed by atoms with Gasteiger partial charge in [-0.3, -0.25) is 4.79 Å². The third kappa shape index (κ3) is 3.07. The molecular weight excluding hydrogens is 312 g/mol. The van der Waals surface area contributed by atoms with Gasteiger partial charge in [-0.05, 0) is 18.4 Å². The number of hydrogen-bond acceptors (Lipinski definition) is 7. The summed E-state index contributed by atoms with van der Waals surface area (Å²) in [6.07, 6.45) is 0. The molecule has 1 aliphatic heterocycles. The van der Waals surface area contributed by atoms with Crippen molar-refractivity contribution in [3.05, 3.63) is 28.0 Å². The van der Waals surface area contributed by atoms with Gasteiger partial charge in [-0.15, -0.1) is 11.3 Å². The van der Waals surface area contributed by atoms with E-state index >= 15 is 0 Å². The standard InChI is InChI=1S/C15H20N6OS/c1-10-12(16)18-15(19-13(10)17-2)21-7-5-20(6-8-21)14(22)11-4-3-9-23-11/h3-4,9H,5-8H2,1-2H3,(H3,16,17,18,19). The summed E-state index contributed by atoms with van der Waals surface area (Å²) >= 11 is 1.48. The van der Waals surface area contributed by atoms with Crippen LogP contribution in [0.2, 0.25) is 0 Å². The lowest BCUT2D eigenvalue weighted by molar-refractivity contribution is 0.0751. The molecule has 7 nitrogen and oxygen atoms in total. The fraction of sp³-hybridized carbons (Fsp3) is 0.400. The Morgan fingerprint density at radius 2 is 2.04 bits per heavy atom. The predicted octanol–water partition coefficient (Wildman–Crippen LogP) is 1.43. The van der Waals surface area contributed by atoms with Crippen molar-refractivity contribution in [1.82, 2.24) is 14.9 Å². The average Bonchev–Trinajstić information content (AvgIpc) is 3.11. The second-order valence-corrected chi connectivity index (χ2v) is 6.34. The molecule has 0 radical (unpaired) electrons. The molecule has 1 fully saturated rings. The van der Waals surface area contributed by atoms with E-state index in [4.69, 9.17) is 5.73 Å². The van der Waals surface area contributed by atoms with E-state index in [1.807, 2.05) is 36.4 Å². The molecule has 2 aromatic rings. The minimum Gasteiger partial charge on any atom is -0.383 e. The number of nitrogen functional groups attached to an aromatic ring is 1. The van der Waals surface area contributed by atoms with E-state index in [0.717, 1.165) is 16.3 Å². The van der Waals surface area contributed by atoms with E-state index < -0.39 is 0 Å². The number of nitrogens with one attached hydrogen (secondary N) is 1. The summed E-state index contributed by atoms with van der Waals surface area (Å²) in [6.45, 7) is 4.60. The maximum atomic E-state index is 12.4. The third-order valence-corrected chi connectivity index (χ3v) is 4.85. The van der Waals surface area contributed by atoms with Crippen molar-refractivity contribution in [2.24, 2.45) is 0 Å². The maximum Gasteiger partial charge on any atom is 0.264 e. The van der Waals surface area contributed by atoms with Crippen LogP contribution < -0.4 is 16.0 Å². The van der Waals surface area contributed by atoms with Gasteiger partial charge in [0.1, 0.15) is 11.6 Å². The first-order chi connectivity index (χ1) is 11.1. The molecule has 0 unspecified atom stereocenters. The monoisotopic (exact) mass is 332 g/mol. The fourth-order valence-corrected chi connectivity index (χ4v) is 3.26. The number of nitrogens with two attached hydrogens (primary N) is 1. The molecule has 0 spiro atoms. The van der Waals surface area contributed by atoms with Crippen molar-refractivity contribution >= 4 is 34.8 Å². The number of nitrogens with zero attached hydrogens (tertiary/aromatic N) is 4. The number of anilines is 3. The van der Waals surface area contributed by atoms with Gasteiger partial charge >= 0.3 is 0 Å². The summed E-state index contributed by atoms with van der Waals surface area (Å²) in [7, 11) is 1.82. The summed E-state index contributed by atoms with van der Waals surface area (Å²) in [5.41, 5.74) is 6.81. The lowest BCUT2D eigenvalue weighted by Crippen LogP contribution is -2.49. The fourth-order valence-electron chi connectivity index (χ4n) is 2.57. The van der Waals surface area contributed by atoms with Crippen LogP contribution in [0.3, 0.4) is 0 Å². The smallest absolute Gasteiger partial charge is 0.264 e. The number of aromatic nitrogens is 2. The summed E-state index contributed by atoms with van der Waals surface area (Å²) in [6, 6.07) is 3.76. The van der Waals surface area contributed by atoms with Crippen LogP contribution in [-0.2, 0) is 0 Å². The molecule has 0 bridgehead atoms. The van der Waals surface area contributed by atoms with Crippen LogP contribution in [0.25, 0.3) is 0 Å². The van der Waals surface area contributed by atoms with Gasteiger partial charge in [0.05, 0.1) is 4.88 Å². The molecule has 0 atom stereocenters. The highest BCUT2D eigenvalue weighted by molar-refractivity contribution is 7.12. The normalized spacial score (nSPS) is 14.9. The SMILES string of the molecule is CNc1nc(N2CCN(C(=O)c3cccs3)CC2)nc(N)c1C. The highest BCUT2D eigenvalue weighted by atomic mass is 32.1. The number of hydrogen-bond donors (Lipinski definition) is 2. The van der Waals surface area contributed by atoms with E-state index in [0.29, 0.717) is 37.9 Å². The Bertz CT molecular complexity index is 694. The lowest BCUT2D eigenvalue weighted by Gasteiger charge is -2.34. The molecule has 0 saturated carbocycles. The first-order valence-corrected chi connectivity index (χ1v) is 8.37. The Labute approximate surface area is 139 Å². The Kier molecular flexibility index (Phi) is 4.33. The molecule has 8 heteroatoms. The first-order valence-electron chi connectivity index (χ1n) is 7.49. The molecule has 122 valence electrons. The molecule has 0 aromatic carbocycles. The van der Waals surface area contributed by atoms with E-state index in [-0.39, 0.29) is 5.91 Å². The number of rotatable bonds is 3. The van der Waals surface area contributed by atoms with Gasteiger partial charge < -0.3 is 20.9 Å². The predicted molar refractivity (Wildman–Crippen MR) is 93.2 cm³/mol. The number of amides is 1. The number of carbonyl (C=O) groups is 1.